The van der Waals surface area contributed by atoms with Crippen molar-refractivity contribution in [2.45, 2.75) is 22.5 Å². The summed E-state index contributed by atoms with van der Waals surface area (Å²) in [7, 11) is -1.81. The van der Waals surface area contributed by atoms with Gasteiger partial charge in [-0.25, -0.2) is 17.5 Å². The van der Waals surface area contributed by atoms with Crippen LogP contribution in [-0.2, 0) is 15.4 Å². The average Bonchev–Trinajstić information content (AvgIpc) is 3.22. The van der Waals surface area contributed by atoms with Crippen LogP contribution in [0.4, 0.5) is 4.39 Å². The molecule has 0 unspecified atom stereocenters. The molecule has 10 heteroatoms. The molecule has 0 bridgehead atoms. The Morgan fingerprint density at radius 3 is 2.54 bits per heavy atom. The van der Waals surface area contributed by atoms with E-state index in [0.29, 0.717) is 23.3 Å². The quantitative estimate of drug-likeness (QED) is 0.209. The van der Waals surface area contributed by atoms with Gasteiger partial charge in [-0.15, -0.1) is 35.3 Å². The first-order valence-electron chi connectivity index (χ1n) is 8.70. The normalized spacial score (nSPS) is 15.6. The number of hydrogen-bond donors (Lipinski definition) is 3. The first-order chi connectivity index (χ1) is 13.0. The van der Waals surface area contributed by atoms with E-state index in [-0.39, 0.29) is 41.8 Å². The number of benzene rings is 1. The first-order valence-corrected chi connectivity index (χ1v) is 11.1. The molecule has 0 saturated heterocycles. The van der Waals surface area contributed by atoms with Gasteiger partial charge in [0.1, 0.15) is 10.0 Å². The van der Waals surface area contributed by atoms with Crippen molar-refractivity contribution in [2.24, 2.45) is 4.99 Å². The molecule has 1 aromatic heterocycles. The van der Waals surface area contributed by atoms with Crippen LogP contribution < -0.4 is 15.4 Å². The highest BCUT2D eigenvalue weighted by atomic mass is 127. The maximum Gasteiger partial charge on any atom is 0.250 e. The third-order valence-corrected chi connectivity index (χ3v) is 7.44. The summed E-state index contributed by atoms with van der Waals surface area (Å²) >= 11 is 1.18. The standard InChI is InChI=1S/C18H23FN4O2S2.HI/c1-20-17(21-10-11-23-27(24,25)16-7-4-12-26-16)22-13-18(8-9-18)14-5-2-3-6-15(14)19;/h2-7,12,23H,8-11,13H2,1H3,(H2,20,21,22);1H. The summed E-state index contributed by atoms with van der Waals surface area (Å²) < 4.78 is 41.0. The second kappa shape index (κ2) is 9.99. The fourth-order valence-electron chi connectivity index (χ4n) is 2.91. The maximum atomic E-state index is 14.1. The largest absolute Gasteiger partial charge is 0.356 e. The van der Waals surface area contributed by atoms with Crippen molar-refractivity contribution in [1.82, 2.24) is 15.4 Å². The maximum absolute atomic E-state index is 14.1. The monoisotopic (exact) mass is 538 g/mol. The summed E-state index contributed by atoms with van der Waals surface area (Å²) in [5.41, 5.74) is 0.542. The van der Waals surface area contributed by atoms with Crippen LogP contribution in [-0.4, -0.2) is 41.1 Å². The van der Waals surface area contributed by atoms with E-state index in [2.05, 4.69) is 20.3 Å². The van der Waals surface area contributed by atoms with Crippen LogP contribution >= 0.6 is 35.3 Å². The van der Waals surface area contributed by atoms with E-state index in [1.807, 2.05) is 12.1 Å². The lowest BCUT2D eigenvalue weighted by atomic mass is 9.95. The molecule has 154 valence electrons. The van der Waals surface area contributed by atoms with Gasteiger partial charge in [0.25, 0.3) is 0 Å². The Kier molecular flexibility index (Phi) is 8.22. The second-order valence-corrected chi connectivity index (χ2v) is 9.38. The van der Waals surface area contributed by atoms with Crippen LogP contribution in [0.1, 0.15) is 18.4 Å². The van der Waals surface area contributed by atoms with Gasteiger partial charge in [0, 0.05) is 32.1 Å². The van der Waals surface area contributed by atoms with Gasteiger partial charge >= 0.3 is 0 Å². The second-order valence-electron chi connectivity index (χ2n) is 6.44. The zero-order valence-corrected chi connectivity index (χ0v) is 19.4. The van der Waals surface area contributed by atoms with E-state index >= 15 is 0 Å². The highest BCUT2D eigenvalue weighted by Crippen LogP contribution is 2.48. The van der Waals surface area contributed by atoms with E-state index < -0.39 is 10.0 Å². The van der Waals surface area contributed by atoms with Crippen LogP contribution in [0, 0.1) is 5.82 Å². The fourth-order valence-corrected chi connectivity index (χ4v) is 4.98. The van der Waals surface area contributed by atoms with Crippen molar-refractivity contribution in [1.29, 1.82) is 0 Å². The fraction of sp³-hybridized carbons (Fsp3) is 0.389. The third kappa shape index (κ3) is 5.65. The van der Waals surface area contributed by atoms with Crippen molar-refractivity contribution < 1.29 is 12.8 Å². The molecule has 0 atom stereocenters. The van der Waals surface area contributed by atoms with Crippen LogP contribution in [0.5, 0.6) is 0 Å². The van der Waals surface area contributed by atoms with Gasteiger partial charge in [-0.2, -0.15) is 0 Å². The minimum Gasteiger partial charge on any atom is -0.356 e. The van der Waals surface area contributed by atoms with Crippen LogP contribution in [0.3, 0.4) is 0 Å². The lowest BCUT2D eigenvalue weighted by molar-refractivity contribution is 0.559. The highest BCUT2D eigenvalue weighted by molar-refractivity contribution is 14.0. The van der Waals surface area contributed by atoms with Crippen molar-refractivity contribution in [3.05, 3.63) is 53.2 Å². The molecule has 0 radical (unpaired) electrons. The molecule has 6 nitrogen and oxygen atoms in total. The minimum atomic E-state index is -3.46. The van der Waals surface area contributed by atoms with Crippen LogP contribution in [0.25, 0.3) is 0 Å². The molecule has 0 spiro atoms. The number of nitrogens with zero attached hydrogens (tertiary/aromatic N) is 1. The predicted octanol–water partition coefficient (Wildman–Crippen LogP) is 2.68. The summed E-state index contributed by atoms with van der Waals surface area (Å²) in [6, 6.07) is 10.1. The summed E-state index contributed by atoms with van der Waals surface area (Å²) in [6.45, 7) is 1.20. The minimum absolute atomic E-state index is 0. The summed E-state index contributed by atoms with van der Waals surface area (Å²) in [6.07, 6.45) is 1.86. The number of halogens is 2. The molecule has 1 aliphatic rings. The third-order valence-electron chi connectivity index (χ3n) is 4.59. The van der Waals surface area contributed by atoms with E-state index in [0.717, 1.165) is 18.4 Å². The van der Waals surface area contributed by atoms with E-state index in [9.17, 15) is 12.8 Å². The van der Waals surface area contributed by atoms with Crippen molar-refractivity contribution in [3.63, 3.8) is 0 Å². The SMILES string of the molecule is CN=C(NCCNS(=O)(=O)c1cccs1)NCC1(c2ccccc2F)CC1.I. The number of nitrogens with one attached hydrogen (secondary N) is 3. The average molecular weight is 538 g/mol. The number of aliphatic imine (C=N–C) groups is 1. The number of thiophene rings is 1. The van der Waals surface area contributed by atoms with Gasteiger partial charge in [0.05, 0.1) is 0 Å². The molecule has 28 heavy (non-hydrogen) atoms. The molecule has 1 aliphatic carbocycles. The Morgan fingerprint density at radius 1 is 1.18 bits per heavy atom. The summed E-state index contributed by atoms with van der Waals surface area (Å²) in [5.74, 6) is 0.385. The van der Waals surface area contributed by atoms with Crippen LogP contribution in [0.15, 0.2) is 51.0 Å². The topological polar surface area (TPSA) is 82.6 Å². The Bertz CT molecular complexity index is 900. The molecule has 1 saturated carbocycles. The zero-order valence-electron chi connectivity index (χ0n) is 15.4. The van der Waals surface area contributed by atoms with Crippen LogP contribution in [0.2, 0.25) is 0 Å². The first kappa shape index (κ1) is 23.0. The van der Waals surface area contributed by atoms with Gasteiger partial charge in [0.2, 0.25) is 10.0 Å². The molecule has 2 aromatic rings. The highest BCUT2D eigenvalue weighted by Gasteiger charge is 2.45. The lowest BCUT2D eigenvalue weighted by Crippen LogP contribution is -2.44. The molecule has 1 heterocycles. The summed E-state index contributed by atoms with van der Waals surface area (Å²) in [5, 5.41) is 8.02. The Labute approximate surface area is 186 Å². The summed E-state index contributed by atoms with van der Waals surface area (Å²) in [4.78, 5) is 4.14. The zero-order chi connectivity index (χ0) is 19.3. The predicted molar refractivity (Wildman–Crippen MR) is 122 cm³/mol. The molecule has 1 aromatic carbocycles. The van der Waals surface area contributed by atoms with Crippen molar-refractivity contribution in [3.8, 4) is 0 Å². The number of hydrogen-bond acceptors (Lipinski definition) is 4. The van der Waals surface area contributed by atoms with Crippen molar-refractivity contribution >= 4 is 51.3 Å². The molecule has 1 fully saturated rings. The number of guanidine groups is 1. The molecule has 3 N–H and O–H groups in total. The van der Waals surface area contributed by atoms with E-state index in [1.54, 1.807) is 30.6 Å². The van der Waals surface area contributed by atoms with E-state index in [4.69, 9.17) is 0 Å². The smallest absolute Gasteiger partial charge is 0.250 e. The molecule has 0 amide bonds. The van der Waals surface area contributed by atoms with E-state index in [1.165, 1.54) is 17.4 Å². The molecular formula is C18H24FIN4O2S2. The number of rotatable bonds is 8. The Morgan fingerprint density at radius 2 is 1.93 bits per heavy atom. The van der Waals surface area contributed by atoms with Gasteiger partial charge in [-0.05, 0) is 35.9 Å². The van der Waals surface area contributed by atoms with Crippen molar-refractivity contribution in [2.75, 3.05) is 26.7 Å². The Hall–Kier alpha value is -1.24. The molecule has 3 rings (SSSR count). The van der Waals surface area contributed by atoms with Gasteiger partial charge < -0.3 is 10.6 Å². The molecule has 0 aliphatic heterocycles. The van der Waals surface area contributed by atoms with Gasteiger partial charge in [-0.1, -0.05) is 24.3 Å². The molecular weight excluding hydrogens is 514 g/mol. The lowest BCUT2D eigenvalue weighted by Gasteiger charge is -2.19. The Balaban J connectivity index is 0.00000280. The van der Waals surface area contributed by atoms with Gasteiger partial charge in [-0.3, -0.25) is 4.99 Å². The van der Waals surface area contributed by atoms with Gasteiger partial charge in [0.15, 0.2) is 5.96 Å². The number of sulfonamides is 1.